The molecule has 1 aliphatic carbocycles. The van der Waals surface area contributed by atoms with Crippen molar-refractivity contribution in [3.63, 3.8) is 0 Å². The molecule has 0 aromatic heterocycles. The first-order valence-electron chi connectivity index (χ1n) is 6.24. The average Bonchev–Trinajstić information content (AvgIpc) is 2.38. The monoisotopic (exact) mass is 278 g/mol. The molecule has 0 spiro atoms. The SMILES string of the molecule is NC(=O)c1ccc(OC2CCCC(=O)C2)c([N+](=O)[O-])c1. The molecular weight excluding hydrogens is 264 g/mol. The van der Waals surface area contributed by atoms with Gasteiger partial charge in [0.05, 0.1) is 4.92 Å². The molecule has 0 radical (unpaired) electrons. The molecule has 1 atom stereocenters. The zero-order valence-corrected chi connectivity index (χ0v) is 10.7. The van der Waals surface area contributed by atoms with E-state index < -0.39 is 10.8 Å². The minimum absolute atomic E-state index is 0.0452. The fraction of sp³-hybridized carbons (Fsp3) is 0.385. The first kappa shape index (κ1) is 14.0. The van der Waals surface area contributed by atoms with Crippen molar-refractivity contribution in [1.29, 1.82) is 0 Å². The molecule has 20 heavy (non-hydrogen) atoms. The summed E-state index contributed by atoms with van der Waals surface area (Å²) in [6.45, 7) is 0. The third-order valence-electron chi connectivity index (χ3n) is 3.17. The van der Waals surface area contributed by atoms with Crippen molar-refractivity contribution in [2.24, 2.45) is 5.73 Å². The van der Waals surface area contributed by atoms with Gasteiger partial charge in [-0.1, -0.05) is 0 Å². The highest BCUT2D eigenvalue weighted by atomic mass is 16.6. The van der Waals surface area contributed by atoms with Crippen LogP contribution in [0.4, 0.5) is 5.69 Å². The highest BCUT2D eigenvalue weighted by Gasteiger charge is 2.25. The molecule has 0 bridgehead atoms. The van der Waals surface area contributed by atoms with Crippen molar-refractivity contribution in [2.45, 2.75) is 31.8 Å². The van der Waals surface area contributed by atoms with E-state index in [4.69, 9.17) is 10.5 Å². The second kappa shape index (κ2) is 5.68. The van der Waals surface area contributed by atoms with Crippen LogP contribution in [-0.4, -0.2) is 22.7 Å². The first-order chi connectivity index (χ1) is 9.47. The maximum atomic E-state index is 11.4. The van der Waals surface area contributed by atoms with Crippen LogP contribution in [0.15, 0.2) is 18.2 Å². The van der Waals surface area contributed by atoms with Crippen LogP contribution in [0.25, 0.3) is 0 Å². The van der Waals surface area contributed by atoms with Gasteiger partial charge in [0, 0.05) is 24.5 Å². The molecule has 2 rings (SSSR count). The largest absolute Gasteiger partial charge is 0.483 e. The predicted octanol–water partition coefficient (Wildman–Crippen LogP) is 1.58. The lowest BCUT2D eigenvalue weighted by molar-refractivity contribution is -0.386. The summed E-state index contributed by atoms with van der Waals surface area (Å²) in [6.07, 6.45) is 1.84. The van der Waals surface area contributed by atoms with Gasteiger partial charge < -0.3 is 10.5 Å². The Hall–Kier alpha value is -2.44. The van der Waals surface area contributed by atoms with Gasteiger partial charge in [0.2, 0.25) is 5.91 Å². The molecule has 1 unspecified atom stereocenters. The molecule has 1 aromatic rings. The van der Waals surface area contributed by atoms with Crippen molar-refractivity contribution >= 4 is 17.4 Å². The van der Waals surface area contributed by atoms with Crippen LogP contribution in [0, 0.1) is 10.1 Å². The fourth-order valence-corrected chi connectivity index (χ4v) is 2.18. The molecule has 7 nitrogen and oxygen atoms in total. The van der Waals surface area contributed by atoms with Crippen LogP contribution in [0.3, 0.4) is 0 Å². The number of nitrogens with zero attached hydrogens (tertiary/aromatic N) is 1. The highest BCUT2D eigenvalue weighted by Crippen LogP contribution is 2.31. The van der Waals surface area contributed by atoms with Gasteiger partial charge in [-0.15, -0.1) is 0 Å². The summed E-state index contributed by atoms with van der Waals surface area (Å²) >= 11 is 0. The number of hydrogen-bond acceptors (Lipinski definition) is 5. The molecule has 2 N–H and O–H groups in total. The van der Waals surface area contributed by atoms with E-state index in [0.717, 1.165) is 12.5 Å². The Bertz CT molecular complexity index is 570. The van der Waals surface area contributed by atoms with E-state index in [2.05, 4.69) is 0 Å². The summed E-state index contributed by atoms with van der Waals surface area (Å²) < 4.78 is 5.54. The number of primary amides is 1. The smallest absolute Gasteiger partial charge is 0.311 e. The number of amides is 1. The van der Waals surface area contributed by atoms with E-state index in [1.807, 2.05) is 0 Å². The normalized spacial score (nSPS) is 18.6. The van der Waals surface area contributed by atoms with Crippen molar-refractivity contribution in [2.75, 3.05) is 0 Å². The van der Waals surface area contributed by atoms with Crippen LogP contribution in [-0.2, 0) is 4.79 Å². The van der Waals surface area contributed by atoms with E-state index in [9.17, 15) is 19.7 Å². The van der Waals surface area contributed by atoms with Gasteiger partial charge in [-0.25, -0.2) is 0 Å². The minimum atomic E-state index is -0.743. The number of ketones is 1. The summed E-state index contributed by atoms with van der Waals surface area (Å²) in [4.78, 5) is 32.8. The lowest BCUT2D eigenvalue weighted by Gasteiger charge is -2.22. The maximum Gasteiger partial charge on any atom is 0.311 e. The summed E-state index contributed by atoms with van der Waals surface area (Å²) in [5.74, 6) is -0.593. The zero-order valence-electron chi connectivity index (χ0n) is 10.7. The topological polar surface area (TPSA) is 113 Å². The van der Waals surface area contributed by atoms with Crippen molar-refractivity contribution in [3.05, 3.63) is 33.9 Å². The summed E-state index contributed by atoms with van der Waals surface area (Å²) in [7, 11) is 0. The van der Waals surface area contributed by atoms with Gasteiger partial charge in [0.15, 0.2) is 5.75 Å². The van der Waals surface area contributed by atoms with Gasteiger partial charge in [0.25, 0.3) is 0 Å². The second-order valence-corrected chi connectivity index (χ2v) is 4.68. The van der Waals surface area contributed by atoms with Crippen LogP contribution in [0.5, 0.6) is 5.75 Å². The second-order valence-electron chi connectivity index (χ2n) is 4.68. The number of nitro benzene ring substituents is 1. The van der Waals surface area contributed by atoms with E-state index >= 15 is 0 Å². The van der Waals surface area contributed by atoms with E-state index in [-0.39, 0.29) is 35.3 Å². The molecule has 0 heterocycles. The van der Waals surface area contributed by atoms with Crippen molar-refractivity contribution in [1.82, 2.24) is 0 Å². The molecule has 1 saturated carbocycles. The molecule has 7 heteroatoms. The number of rotatable bonds is 4. The summed E-state index contributed by atoms with van der Waals surface area (Å²) in [5, 5.41) is 11.0. The quantitative estimate of drug-likeness (QED) is 0.663. The number of carbonyl (C=O) groups excluding carboxylic acids is 2. The first-order valence-corrected chi connectivity index (χ1v) is 6.24. The Kier molecular flexibility index (Phi) is 3.97. The molecular formula is C13H14N2O5. The molecule has 1 aromatic carbocycles. The van der Waals surface area contributed by atoms with E-state index in [0.29, 0.717) is 12.8 Å². The number of carbonyl (C=O) groups is 2. The fourth-order valence-electron chi connectivity index (χ4n) is 2.18. The Labute approximate surface area is 114 Å². The number of hydrogen-bond donors (Lipinski definition) is 1. The van der Waals surface area contributed by atoms with E-state index in [1.165, 1.54) is 12.1 Å². The Morgan fingerprint density at radius 3 is 2.80 bits per heavy atom. The lowest BCUT2D eigenvalue weighted by Crippen LogP contribution is -2.25. The van der Waals surface area contributed by atoms with Crippen LogP contribution in [0.1, 0.15) is 36.0 Å². The number of Topliss-reactive ketones (excluding diaryl/α,β-unsaturated/α-hetero) is 1. The highest BCUT2D eigenvalue weighted by molar-refractivity contribution is 5.93. The Balaban J connectivity index is 2.24. The van der Waals surface area contributed by atoms with Crippen molar-refractivity contribution < 1.29 is 19.2 Å². The van der Waals surface area contributed by atoms with Gasteiger partial charge in [0.1, 0.15) is 11.9 Å². The number of benzene rings is 1. The third kappa shape index (κ3) is 3.11. The predicted molar refractivity (Wildman–Crippen MR) is 69.5 cm³/mol. The Morgan fingerprint density at radius 2 is 2.20 bits per heavy atom. The van der Waals surface area contributed by atoms with E-state index in [1.54, 1.807) is 0 Å². The summed E-state index contributed by atoms with van der Waals surface area (Å²) in [6, 6.07) is 3.80. The van der Waals surface area contributed by atoms with Crippen LogP contribution < -0.4 is 10.5 Å². The molecule has 0 saturated heterocycles. The molecule has 0 aliphatic heterocycles. The van der Waals surface area contributed by atoms with Gasteiger partial charge in [-0.2, -0.15) is 0 Å². The van der Waals surface area contributed by atoms with Gasteiger partial charge in [-0.05, 0) is 25.0 Å². The molecule has 1 amide bonds. The molecule has 106 valence electrons. The average molecular weight is 278 g/mol. The maximum absolute atomic E-state index is 11.4. The minimum Gasteiger partial charge on any atom is -0.483 e. The molecule has 1 aliphatic rings. The standard InChI is InChI=1S/C13H14N2O5/c14-13(17)8-4-5-12(11(6-8)15(18)19)20-10-3-1-2-9(16)7-10/h4-6,10H,1-3,7H2,(H2,14,17). The van der Waals surface area contributed by atoms with Crippen molar-refractivity contribution in [3.8, 4) is 5.75 Å². The number of nitro groups is 1. The van der Waals surface area contributed by atoms with Gasteiger partial charge in [-0.3, -0.25) is 19.7 Å². The number of nitrogens with two attached hydrogens (primary N) is 1. The van der Waals surface area contributed by atoms with Crippen LogP contribution >= 0.6 is 0 Å². The lowest BCUT2D eigenvalue weighted by atomic mass is 9.96. The molecule has 1 fully saturated rings. The zero-order chi connectivity index (χ0) is 14.7. The van der Waals surface area contributed by atoms with Crippen LogP contribution in [0.2, 0.25) is 0 Å². The number of ether oxygens (including phenoxy) is 1. The third-order valence-corrected chi connectivity index (χ3v) is 3.17. The van der Waals surface area contributed by atoms with Gasteiger partial charge >= 0.3 is 5.69 Å². The summed E-state index contributed by atoms with van der Waals surface area (Å²) in [5.41, 5.74) is 4.81. The Morgan fingerprint density at radius 1 is 1.45 bits per heavy atom.